The lowest BCUT2D eigenvalue weighted by Gasteiger charge is -2.13. The van der Waals surface area contributed by atoms with Crippen LogP contribution in [-0.2, 0) is 0 Å². The lowest BCUT2D eigenvalue weighted by molar-refractivity contribution is 0.0690. The van der Waals surface area contributed by atoms with Crippen molar-refractivity contribution in [1.82, 2.24) is 9.97 Å². The Morgan fingerprint density at radius 2 is 1.95 bits per heavy atom. The summed E-state index contributed by atoms with van der Waals surface area (Å²) in [6.45, 7) is 7.62. The first-order valence-corrected chi connectivity index (χ1v) is 7.20. The highest BCUT2D eigenvalue weighted by molar-refractivity contribution is 7.99. The molecule has 0 aliphatic heterocycles. The second-order valence-electron chi connectivity index (χ2n) is 4.91. The number of aromatic carboxylic acids is 1. The summed E-state index contributed by atoms with van der Waals surface area (Å²) in [5, 5.41) is 18.8. The van der Waals surface area contributed by atoms with Crippen molar-refractivity contribution in [2.24, 2.45) is 5.92 Å². The number of aromatic nitrogens is 2. The van der Waals surface area contributed by atoms with Crippen molar-refractivity contribution < 1.29 is 15.0 Å². The fourth-order valence-electron chi connectivity index (χ4n) is 1.45. The molecule has 1 heterocycles. The van der Waals surface area contributed by atoms with E-state index in [9.17, 15) is 9.90 Å². The van der Waals surface area contributed by atoms with Crippen molar-refractivity contribution in [2.45, 2.75) is 38.6 Å². The molecule has 2 N–H and O–H groups in total. The molecule has 106 valence electrons. The second-order valence-corrected chi connectivity index (χ2v) is 5.91. The monoisotopic (exact) mass is 284 g/mol. The molecule has 1 rings (SSSR count). The zero-order valence-corrected chi connectivity index (χ0v) is 12.5. The van der Waals surface area contributed by atoms with Gasteiger partial charge >= 0.3 is 5.97 Å². The minimum Gasteiger partial charge on any atom is -0.478 e. The first kappa shape index (κ1) is 15.9. The fourth-order valence-corrected chi connectivity index (χ4v) is 2.54. The van der Waals surface area contributed by atoms with Crippen molar-refractivity contribution in [2.75, 3.05) is 12.4 Å². The van der Waals surface area contributed by atoms with Crippen LogP contribution in [-0.4, -0.2) is 38.5 Å². The first-order valence-electron chi connectivity index (χ1n) is 6.22. The van der Waals surface area contributed by atoms with Gasteiger partial charge < -0.3 is 10.2 Å². The molecule has 1 aromatic heterocycles. The van der Waals surface area contributed by atoms with Crippen LogP contribution in [0.25, 0.3) is 0 Å². The number of thioether (sulfide) groups is 1. The van der Waals surface area contributed by atoms with E-state index >= 15 is 0 Å². The standard InChI is InChI=1S/C13H20N2O3S/c1-7(2)11-14-9(4)10(13(17)18)12(15-11)19-6-8(3)5-16/h7-8,16H,5-6H2,1-4H3,(H,17,18). The molecule has 1 unspecified atom stereocenters. The number of hydrogen-bond acceptors (Lipinski definition) is 5. The Hall–Kier alpha value is -1.14. The molecule has 0 saturated heterocycles. The molecule has 0 radical (unpaired) electrons. The number of carbonyl (C=O) groups is 1. The molecule has 6 heteroatoms. The Labute approximate surface area is 117 Å². The van der Waals surface area contributed by atoms with E-state index in [2.05, 4.69) is 9.97 Å². The van der Waals surface area contributed by atoms with Gasteiger partial charge in [0.25, 0.3) is 0 Å². The van der Waals surface area contributed by atoms with Gasteiger partial charge in [-0.1, -0.05) is 20.8 Å². The third-order valence-electron chi connectivity index (χ3n) is 2.62. The minimum absolute atomic E-state index is 0.0799. The molecular formula is C13H20N2O3S. The van der Waals surface area contributed by atoms with Crippen LogP contribution in [0.1, 0.15) is 48.6 Å². The Balaban J connectivity index is 3.13. The van der Waals surface area contributed by atoms with Crippen molar-refractivity contribution in [3.63, 3.8) is 0 Å². The molecule has 1 aromatic rings. The van der Waals surface area contributed by atoms with Crippen molar-refractivity contribution in [1.29, 1.82) is 0 Å². The van der Waals surface area contributed by atoms with E-state index in [1.54, 1.807) is 6.92 Å². The highest BCUT2D eigenvalue weighted by atomic mass is 32.2. The molecule has 0 bridgehead atoms. The zero-order chi connectivity index (χ0) is 14.6. The quantitative estimate of drug-likeness (QED) is 0.616. The maximum absolute atomic E-state index is 11.3. The maximum Gasteiger partial charge on any atom is 0.340 e. The van der Waals surface area contributed by atoms with Gasteiger partial charge in [0.05, 0.1) is 5.69 Å². The third-order valence-corrected chi connectivity index (χ3v) is 3.93. The summed E-state index contributed by atoms with van der Waals surface area (Å²) in [5.41, 5.74) is 0.657. The first-order chi connectivity index (χ1) is 8.86. The Morgan fingerprint density at radius 1 is 1.32 bits per heavy atom. The average Bonchev–Trinajstić information content (AvgIpc) is 2.34. The molecule has 0 aliphatic rings. The summed E-state index contributed by atoms with van der Waals surface area (Å²) in [6, 6.07) is 0. The lowest BCUT2D eigenvalue weighted by atomic mass is 10.2. The molecular weight excluding hydrogens is 264 g/mol. The van der Waals surface area contributed by atoms with Crippen LogP contribution in [0.3, 0.4) is 0 Å². The Kier molecular flexibility index (Phi) is 5.75. The van der Waals surface area contributed by atoms with Gasteiger partial charge in [0.1, 0.15) is 16.4 Å². The number of carboxylic acids is 1. The van der Waals surface area contributed by atoms with Gasteiger partial charge in [-0.2, -0.15) is 0 Å². The summed E-state index contributed by atoms with van der Waals surface area (Å²) < 4.78 is 0. The maximum atomic E-state index is 11.3. The summed E-state index contributed by atoms with van der Waals surface area (Å²) in [4.78, 5) is 19.9. The van der Waals surface area contributed by atoms with Gasteiger partial charge in [0, 0.05) is 18.3 Å². The predicted molar refractivity (Wildman–Crippen MR) is 74.8 cm³/mol. The highest BCUT2D eigenvalue weighted by Gasteiger charge is 2.19. The molecule has 19 heavy (non-hydrogen) atoms. The fraction of sp³-hybridized carbons (Fsp3) is 0.615. The lowest BCUT2D eigenvalue weighted by Crippen LogP contribution is -2.12. The number of aliphatic hydroxyl groups excluding tert-OH is 1. The molecule has 0 spiro atoms. The predicted octanol–water partition coefficient (Wildman–Crippen LogP) is 2.33. The Morgan fingerprint density at radius 3 is 2.42 bits per heavy atom. The van der Waals surface area contributed by atoms with E-state index in [1.807, 2.05) is 20.8 Å². The molecule has 0 aromatic carbocycles. The smallest absolute Gasteiger partial charge is 0.340 e. The molecule has 1 atom stereocenters. The third kappa shape index (κ3) is 4.18. The number of aliphatic hydroxyl groups is 1. The number of hydrogen-bond donors (Lipinski definition) is 2. The Bertz CT molecular complexity index is 463. The van der Waals surface area contributed by atoms with Crippen molar-refractivity contribution >= 4 is 17.7 Å². The minimum atomic E-state index is -1.01. The van der Waals surface area contributed by atoms with E-state index < -0.39 is 5.97 Å². The largest absolute Gasteiger partial charge is 0.478 e. The van der Waals surface area contributed by atoms with Crippen LogP contribution in [0.2, 0.25) is 0 Å². The van der Waals surface area contributed by atoms with Crippen LogP contribution in [0.15, 0.2) is 5.03 Å². The molecule has 5 nitrogen and oxygen atoms in total. The van der Waals surface area contributed by atoms with E-state index in [0.717, 1.165) is 0 Å². The van der Waals surface area contributed by atoms with Gasteiger partial charge in [-0.15, -0.1) is 11.8 Å². The van der Waals surface area contributed by atoms with Gasteiger partial charge in [0.2, 0.25) is 0 Å². The van der Waals surface area contributed by atoms with Gasteiger partial charge in [-0.3, -0.25) is 0 Å². The van der Waals surface area contributed by atoms with Gasteiger partial charge in [0.15, 0.2) is 0 Å². The number of nitrogens with zero attached hydrogens (tertiary/aromatic N) is 2. The van der Waals surface area contributed by atoms with E-state index in [-0.39, 0.29) is 24.0 Å². The molecule has 0 fully saturated rings. The SMILES string of the molecule is Cc1nc(C(C)C)nc(SCC(C)CO)c1C(=O)O. The summed E-state index contributed by atoms with van der Waals surface area (Å²) in [6.07, 6.45) is 0. The van der Waals surface area contributed by atoms with Crippen molar-refractivity contribution in [3.05, 3.63) is 17.1 Å². The summed E-state index contributed by atoms with van der Waals surface area (Å²) in [7, 11) is 0. The zero-order valence-electron chi connectivity index (χ0n) is 11.7. The van der Waals surface area contributed by atoms with Crippen LogP contribution in [0.4, 0.5) is 0 Å². The van der Waals surface area contributed by atoms with Crippen LogP contribution < -0.4 is 0 Å². The topological polar surface area (TPSA) is 83.3 Å². The summed E-state index contributed by atoms with van der Waals surface area (Å²) >= 11 is 1.36. The molecule has 0 amide bonds. The molecule has 0 saturated carbocycles. The highest BCUT2D eigenvalue weighted by Crippen LogP contribution is 2.26. The van der Waals surface area contributed by atoms with E-state index in [0.29, 0.717) is 22.3 Å². The average molecular weight is 284 g/mol. The van der Waals surface area contributed by atoms with Crippen LogP contribution in [0, 0.1) is 12.8 Å². The number of rotatable bonds is 6. The van der Waals surface area contributed by atoms with Crippen LogP contribution in [0.5, 0.6) is 0 Å². The van der Waals surface area contributed by atoms with Crippen LogP contribution >= 0.6 is 11.8 Å². The summed E-state index contributed by atoms with van der Waals surface area (Å²) in [5.74, 6) is 0.527. The van der Waals surface area contributed by atoms with Gasteiger partial charge in [-0.05, 0) is 12.8 Å². The second kappa shape index (κ2) is 6.86. The normalized spacial score (nSPS) is 12.7. The number of aryl methyl sites for hydroxylation is 1. The molecule has 0 aliphatic carbocycles. The van der Waals surface area contributed by atoms with E-state index in [1.165, 1.54) is 11.8 Å². The number of carboxylic acid groups (broad SMARTS) is 1. The van der Waals surface area contributed by atoms with Gasteiger partial charge in [-0.25, -0.2) is 14.8 Å². The van der Waals surface area contributed by atoms with E-state index in [4.69, 9.17) is 5.11 Å². The van der Waals surface area contributed by atoms with Crippen molar-refractivity contribution in [3.8, 4) is 0 Å².